The number of carbonyl (C=O) groups excluding carboxylic acids is 1. The topological polar surface area (TPSA) is 46.3 Å². The molecule has 0 fully saturated rings. The smallest absolute Gasteiger partial charge is 0.254 e. The number of hydrogen-bond acceptors (Lipinski definition) is 2. The summed E-state index contributed by atoms with van der Waals surface area (Å²) in [5.74, 6) is 0.262. The molecular weight excluding hydrogens is 296 g/mol. The second-order valence-corrected chi connectivity index (χ2v) is 6.21. The minimum absolute atomic E-state index is 0.0117. The minimum Gasteiger partial charge on any atom is -0.399 e. The van der Waals surface area contributed by atoms with E-state index < -0.39 is 0 Å². The van der Waals surface area contributed by atoms with Crippen molar-refractivity contribution in [2.75, 3.05) is 12.8 Å². The zero-order valence-electron chi connectivity index (χ0n) is 13.1. The molecule has 3 nitrogen and oxygen atoms in total. The van der Waals surface area contributed by atoms with Crippen LogP contribution in [0.1, 0.15) is 35.8 Å². The van der Waals surface area contributed by atoms with Crippen LogP contribution in [0, 0.1) is 5.92 Å². The Balaban J connectivity index is 2.29. The van der Waals surface area contributed by atoms with Crippen molar-refractivity contribution in [1.29, 1.82) is 0 Å². The maximum Gasteiger partial charge on any atom is 0.254 e. The average Bonchev–Trinajstić information content (AvgIpc) is 2.49. The van der Waals surface area contributed by atoms with E-state index in [1.807, 2.05) is 31.3 Å². The first-order chi connectivity index (χ1) is 10.4. The molecule has 0 bridgehead atoms. The van der Waals surface area contributed by atoms with Gasteiger partial charge >= 0.3 is 0 Å². The lowest BCUT2D eigenvalue weighted by Crippen LogP contribution is -2.34. The molecule has 2 aromatic rings. The van der Waals surface area contributed by atoms with Gasteiger partial charge in [0.2, 0.25) is 0 Å². The fourth-order valence-corrected chi connectivity index (χ4v) is 2.80. The van der Waals surface area contributed by atoms with E-state index in [2.05, 4.69) is 13.8 Å². The molecule has 116 valence electrons. The normalized spacial score (nSPS) is 12.2. The quantitative estimate of drug-likeness (QED) is 0.850. The van der Waals surface area contributed by atoms with E-state index >= 15 is 0 Å². The zero-order valence-corrected chi connectivity index (χ0v) is 13.8. The van der Waals surface area contributed by atoms with Crippen LogP contribution in [-0.4, -0.2) is 17.9 Å². The van der Waals surface area contributed by atoms with Crippen molar-refractivity contribution in [3.8, 4) is 0 Å². The average molecular weight is 317 g/mol. The highest BCUT2D eigenvalue weighted by Crippen LogP contribution is 2.29. The summed E-state index contributed by atoms with van der Waals surface area (Å²) in [5.41, 5.74) is 8.04. The molecule has 2 N–H and O–H groups in total. The molecule has 2 rings (SSSR count). The summed E-state index contributed by atoms with van der Waals surface area (Å²) in [6.45, 7) is 4.21. The lowest BCUT2D eigenvalue weighted by atomic mass is 9.94. The Morgan fingerprint density at radius 1 is 1.05 bits per heavy atom. The molecule has 2 aromatic carbocycles. The lowest BCUT2D eigenvalue weighted by Gasteiger charge is -2.32. The lowest BCUT2D eigenvalue weighted by molar-refractivity contribution is 0.0687. The van der Waals surface area contributed by atoms with Gasteiger partial charge in [-0.25, -0.2) is 0 Å². The fourth-order valence-electron chi connectivity index (χ4n) is 2.67. The molecule has 0 aliphatic carbocycles. The molecule has 0 radical (unpaired) electrons. The highest BCUT2D eigenvalue weighted by atomic mass is 35.5. The Kier molecular flexibility index (Phi) is 5.09. The summed E-state index contributed by atoms with van der Waals surface area (Å²) < 4.78 is 0. The molecule has 0 aliphatic heterocycles. The fraction of sp³-hybridized carbons (Fsp3) is 0.278. The van der Waals surface area contributed by atoms with E-state index in [1.165, 1.54) is 0 Å². The largest absolute Gasteiger partial charge is 0.399 e. The number of rotatable bonds is 4. The van der Waals surface area contributed by atoms with E-state index in [0.29, 0.717) is 16.3 Å². The van der Waals surface area contributed by atoms with Crippen LogP contribution in [0.25, 0.3) is 0 Å². The van der Waals surface area contributed by atoms with Gasteiger partial charge in [0.05, 0.1) is 6.04 Å². The molecule has 0 heterocycles. The van der Waals surface area contributed by atoms with Gasteiger partial charge < -0.3 is 10.6 Å². The number of amides is 1. The van der Waals surface area contributed by atoms with Crippen molar-refractivity contribution in [2.24, 2.45) is 5.92 Å². The van der Waals surface area contributed by atoms with Crippen molar-refractivity contribution >= 4 is 23.2 Å². The molecule has 1 atom stereocenters. The third-order valence-electron chi connectivity index (χ3n) is 3.74. The molecular formula is C18H21ClN2O. The number of benzene rings is 2. The van der Waals surface area contributed by atoms with Gasteiger partial charge in [-0.1, -0.05) is 37.6 Å². The first-order valence-corrected chi connectivity index (χ1v) is 7.66. The van der Waals surface area contributed by atoms with Crippen LogP contribution in [0.4, 0.5) is 5.69 Å². The Morgan fingerprint density at radius 2 is 1.59 bits per heavy atom. The van der Waals surface area contributed by atoms with Crippen molar-refractivity contribution in [3.05, 3.63) is 64.7 Å². The third-order valence-corrected chi connectivity index (χ3v) is 3.99. The van der Waals surface area contributed by atoms with Gasteiger partial charge in [-0.05, 0) is 47.9 Å². The Bertz CT molecular complexity index is 635. The van der Waals surface area contributed by atoms with Gasteiger partial charge in [0, 0.05) is 23.3 Å². The Hall–Kier alpha value is -2.00. The van der Waals surface area contributed by atoms with E-state index in [-0.39, 0.29) is 17.9 Å². The summed E-state index contributed by atoms with van der Waals surface area (Å²) in [6.07, 6.45) is 0. The first kappa shape index (κ1) is 16.4. The standard InChI is InChI=1S/C18H21ClN2O/c1-12(2)17(13-4-8-15(19)9-5-13)21(3)18(22)14-6-10-16(20)11-7-14/h4-12,17H,20H2,1-3H3. The van der Waals surface area contributed by atoms with Crippen LogP contribution in [0.15, 0.2) is 48.5 Å². The van der Waals surface area contributed by atoms with Crippen molar-refractivity contribution in [2.45, 2.75) is 19.9 Å². The van der Waals surface area contributed by atoms with E-state index in [1.54, 1.807) is 29.2 Å². The van der Waals surface area contributed by atoms with Crippen LogP contribution >= 0.6 is 11.6 Å². The highest BCUT2D eigenvalue weighted by Gasteiger charge is 2.25. The summed E-state index contributed by atoms with van der Waals surface area (Å²) in [7, 11) is 1.83. The Morgan fingerprint density at radius 3 is 2.09 bits per heavy atom. The summed E-state index contributed by atoms with van der Waals surface area (Å²) in [6, 6.07) is 14.6. The van der Waals surface area contributed by atoms with Gasteiger partial charge in [-0.2, -0.15) is 0 Å². The van der Waals surface area contributed by atoms with Crippen molar-refractivity contribution in [3.63, 3.8) is 0 Å². The molecule has 0 saturated carbocycles. The van der Waals surface area contributed by atoms with Crippen LogP contribution in [0.5, 0.6) is 0 Å². The third kappa shape index (κ3) is 3.60. The van der Waals surface area contributed by atoms with E-state index in [9.17, 15) is 4.79 Å². The molecule has 0 saturated heterocycles. The highest BCUT2D eigenvalue weighted by molar-refractivity contribution is 6.30. The summed E-state index contributed by atoms with van der Waals surface area (Å²) in [5, 5.41) is 0.693. The first-order valence-electron chi connectivity index (χ1n) is 7.28. The number of anilines is 1. The molecule has 1 amide bonds. The van der Waals surface area contributed by atoms with Gasteiger partial charge in [0.15, 0.2) is 0 Å². The van der Waals surface area contributed by atoms with E-state index in [0.717, 1.165) is 5.56 Å². The summed E-state index contributed by atoms with van der Waals surface area (Å²) in [4.78, 5) is 14.5. The van der Waals surface area contributed by atoms with Crippen LogP contribution in [0.2, 0.25) is 5.02 Å². The minimum atomic E-state index is -0.0198. The molecule has 1 unspecified atom stereocenters. The monoisotopic (exact) mass is 316 g/mol. The van der Waals surface area contributed by atoms with E-state index in [4.69, 9.17) is 17.3 Å². The molecule has 0 aliphatic rings. The molecule has 0 spiro atoms. The van der Waals surface area contributed by atoms with Gasteiger partial charge in [-0.3, -0.25) is 4.79 Å². The van der Waals surface area contributed by atoms with Gasteiger partial charge in [0.25, 0.3) is 5.91 Å². The van der Waals surface area contributed by atoms with Gasteiger partial charge in [-0.15, -0.1) is 0 Å². The number of nitrogen functional groups attached to an aromatic ring is 1. The molecule has 4 heteroatoms. The molecule has 22 heavy (non-hydrogen) atoms. The van der Waals surface area contributed by atoms with Crippen molar-refractivity contribution < 1.29 is 4.79 Å². The number of halogens is 1. The predicted molar refractivity (Wildman–Crippen MR) is 92.0 cm³/mol. The zero-order chi connectivity index (χ0) is 16.3. The van der Waals surface area contributed by atoms with Crippen LogP contribution < -0.4 is 5.73 Å². The molecule has 0 aromatic heterocycles. The number of hydrogen-bond donors (Lipinski definition) is 1. The predicted octanol–water partition coefficient (Wildman–Crippen LogP) is 4.39. The van der Waals surface area contributed by atoms with Crippen LogP contribution in [-0.2, 0) is 0 Å². The Labute approximate surface area is 136 Å². The number of nitrogens with zero attached hydrogens (tertiary/aromatic N) is 1. The second-order valence-electron chi connectivity index (χ2n) is 5.78. The number of carbonyl (C=O) groups is 1. The number of nitrogens with two attached hydrogens (primary N) is 1. The van der Waals surface area contributed by atoms with Gasteiger partial charge in [0.1, 0.15) is 0 Å². The van der Waals surface area contributed by atoms with Crippen molar-refractivity contribution in [1.82, 2.24) is 4.90 Å². The second kappa shape index (κ2) is 6.84. The van der Waals surface area contributed by atoms with Crippen LogP contribution in [0.3, 0.4) is 0 Å². The summed E-state index contributed by atoms with van der Waals surface area (Å²) >= 11 is 5.96. The maximum atomic E-state index is 12.7. The maximum absolute atomic E-state index is 12.7. The SMILES string of the molecule is CC(C)C(c1ccc(Cl)cc1)N(C)C(=O)c1ccc(N)cc1.